The van der Waals surface area contributed by atoms with E-state index in [0.29, 0.717) is 19.4 Å². The fraction of sp³-hybridized carbons (Fsp3) is 0.135. The minimum atomic E-state index is -0.166. The van der Waals surface area contributed by atoms with Crippen molar-refractivity contribution >= 4 is 16.8 Å². The van der Waals surface area contributed by atoms with Gasteiger partial charge in [-0.1, -0.05) is 84.9 Å². The van der Waals surface area contributed by atoms with E-state index in [2.05, 4.69) is 81.7 Å². The van der Waals surface area contributed by atoms with Gasteiger partial charge in [0.2, 0.25) is 5.91 Å². The number of pyridine rings is 1. The zero-order valence-electron chi connectivity index (χ0n) is 23.4. The predicted octanol–water partition coefficient (Wildman–Crippen LogP) is 7.76. The SMILES string of the molecule is O=C(C[C@H](c1cccc(Oc2ccccc2)c1)c1cn(Cc2ccccc2)c2ccccc12)NCCc1ccccn1. The third-order valence-electron chi connectivity index (χ3n) is 7.45. The van der Waals surface area contributed by atoms with Gasteiger partial charge in [0.05, 0.1) is 0 Å². The van der Waals surface area contributed by atoms with Crippen molar-refractivity contribution in [1.82, 2.24) is 14.9 Å². The van der Waals surface area contributed by atoms with Gasteiger partial charge < -0.3 is 14.6 Å². The summed E-state index contributed by atoms with van der Waals surface area (Å²) in [6.45, 7) is 1.29. The molecular formula is C37H33N3O2. The average Bonchev–Trinajstić information content (AvgIpc) is 3.39. The maximum atomic E-state index is 13.4. The second-order valence-electron chi connectivity index (χ2n) is 10.4. The van der Waals surface area contributed by atoms with Crippen molar-refractivity contribution in [2.75, 3.05) is 6.54 Å². The zero-order chi connectivity index (χ0) is 28.6. The summed E-state index contributed by atoms with van der Waals surface area (Å²) in [6, 6.07) is 42.6. The van der Waals surface area contributed by atoms with Crippen LogP contribution in [0.4, 0.5) is 0 Å². The van der Waals surface area contributed by atoms with E-state index >= 15 is 0 Å². The summed E-state index contributed by atoms with van der Waals surface area (Å²) in [4.78, 5) is 17.8. The number of ether oxygens (including phenoxy) is 1. The van der Waals surface area contributed by atoms with Gasteiger partial charge in [-0.15, -0.1) is 0 Å². The van der Waals surface area contributed by atoms with E-state index in [4.69, 9.17) is 4.74 Å². The molecule has 0 aliphatic rings. The Labute approximate surface area is 246 Å². The number of carbonyl (C=O) groups is 1. The number of carbonyl (C=O) groups excluding carboxylic acids is 1. The summed E-state index contributed by atoms with van der Waals surface area (Å²) in [5.74, 6) is 1.36. The topological polar surface area (TPSA) is 56.1 Å². The second-order valence-corrected chi connectivity index (χ2v) is 10.4. The maximum Gasteiger partial charge on any atom is 0.220 e. The van der Waals surface area contributed by atoms with Crippen molar-refractivity contribution < 1.29 is 9.53 Å². The Morgan fingerprint density at radius 3 is 2.33 bits per heavy atom. The smallest absolute Gasteiger partial charge is 0.220 e. The van der Waals surface area contributed by atoms with Crippen molar-refractivity contribution in [3.05, 3.63) is 162 Å². The van der Waals surface area contributed by atoms with Crippen LogP contribution in [0.1, 0.15) is 34.7 Å². The van der Waals surface area contributed by atoms with Crippen LogP contribution in [-0.4, -0.2) is 22.0 Å². The zero-order valence-corrected chi connectivity index (χ0v) is 23.4. The van der Waals surface area contributed by atoms with Gasteiger partial charge in [0.1, 0.15) is 11.5 Å². The highest BCUT2D eigenvalue weighted by atomic mass is 16.5. The highest BCUT2D eigenvalue weighted by Crippen LogP contribution is 2.37. The second kappa shape index (κ2) is 13.0. The van der Waals surface area contributed by atoms with E-state index in [0.717, 1.165) is 45.8 Å². The van der Waals surface area contributed by atoms with Gasteiger partial charge >= 0.3 is 0 Å². The molecule has 0 unspecified atom stereocenters. The number of hydrogen-bond acceptors (Lipinski definition) is 3. The fourth-order valence-electron chi connectivity index (χ4n) is 5.42. The molecule has 0 bridgehead atoms. The lowest BCUT2D eigenvalue weighted by Gasteiger charge is -2.18. The number of rotatable bonds is 11. The molecule has 6 aromatic rings. The van der Waals surface area contributed by atoms with Crippen LogP contribution in [-0.2, 0) is 17.8 Å². The molecule has 1 atom stereocenters. The minimum Gasteiger partial charge on any atom is -0.457 e. The number of aromatic nitrogens is 2. The van der Waals surface area contributed by atoms with Crippen LogP contribution in [0.3, 0.4) is 0 Å². The first kappa shape index (κ1) is 27.0. The molecular weight excluding hydrogens is 518 g/mol. The van der Waals surface area contributed by atoms with E-state index in [-0.39, 0.29) is 11.8 Å². The van der Waals surface area contributed by atoms with Crippen molar-refractivity contribution in [3.63, 3.8) is 0 Å². The van der Waals surface area contributed by atoms with E-state index in [9.17, 15) is 4.79 Å². The van der Waals surface area contributed by atoms with Crippen LogP contribution < -0.4 is 10.1 Å². The molecule has 0 radical (unpaired) electrons. The lowest BCUT2D eigenvalue weighted by molar-refractivity contribution is -0.121. The number of fused-ring (bicyclic) bond motifs is 1. The van der Waals surface area contributed by atoms with Gasteiger partial charge in [0.15, 0.2) is 0 Å². The third kappa shape index (κ3) is 6.58. The first-order valence-electron chi connectivity index (χ1n) is 14.3. The predicted molar refractivity (Wildman–Crippen MR) is 168 cm³/mol. The normalized spacial score (nSPS) is 11.7. The molecule has 6 rings (SSSR count). The monoisotopic (exact) mass is 551 g/mol. The van der Waals surface area contributed by atoms with Crippen LogP contribution in [0, 0.1) is 0 Å². The van der Waals surface area contributed by atoms with Gasteiger partial charge in [0, 0.05) is 60.8 Å². The summed E-state index contributed by atoms with van der Waals surface area (Å²) in [5, 5.41) is 4.28. The average molecular weight is 552 g/mol. The minimum absolute atomic E-state index is 0.00482. The van der Waals surface area contributed by atoms with Crippen LogP contribution in [0.15, 0.2) is 140 Å². The first-order valence-corrected chi connectivity index (χ1v) is 14.3. The summed E-state index contributed by atoms with van der Waals surface area (Å²) in [6.07, 6.45) is 5.00. The summed E-state index contributed by atoms with van der Waals surface area (Å²) in [7, 11) is 0. The van der Waals surface area contributed by atoms with Crippen LogP contribution in [0.25, 0.3) is 10.9 Å². The quantitative estimate of drug-likeness (QED) is 0.179. The molecule has 0 aliphatic heterocycles. The molecule has 1 N–H and O–H groups in total. The Balaban J connectivity index is 1.33. The van der Waals surface area contributed by atoms with Crippen molar-refractivity contribution in [2.24, 2.45) is 0 Å². The summed E-state index contributed by atoms with van der Waals surface area (Å²) >= 11 is 0. The number of nitrogens with zero attached hydrogens (tertiary/aromatic N) is 2. The number of para-hydroxylation sites is 2. The maximum absolute atomic E-state index is 13.4. The first-order chi connectivity index (χ1) is 20.7. The van der Waals surface area contributed by atoms with Gasteiger partial charge in [0.25, 0.3) is 0 Å². The summed E-state index contributed by atoms with van der Waals surface area (Å²) < 4.78 is 8.47. The molecule has 1 amide bonds. The Kier molecular flexibility index (Phi) is 8.37. The van der Waals surface area contributed by atoms with Gasteiger partial charge in [-0.2, -0.15) is 0 Å². The Morgan fingerprint density at radius 1 is 0.786 bits per heavy atom. The molecule has 5 heteroatoms. The highest BCUT2D eigenvalue weighted by molar-refractivity contribution is 5.87. The van der Waals surface area contributed by atoms with Gasteiger partial charge in [-0.3, -0.25) is 9.78 Å². The number of amides is 1. The Morgan fingerprint density at radius 2 is 1.52 bits per heavy atom. The van der Waals surface area contributed by atoms with E-state index in [1.54, 1.807) is 6.20 Å². The highest BCUT2D eigenvalue weighted by Gasteiger charge is 2.23. The van der Waals surface area contributed by atoms with Gasteiger partial charge in [-0.25, -0.2) is 0 Å². The lowest BCUT2D eigenvalue weighted by atomic mass is 9.88. The Hall–Kier alpha value is -5.16. The number of nitrogens with one attached hydrogen (secondary N) is 1. The van der Waals surface area contributed by atoms with Crippen molar-refractivity contribution in [2.45, 2.75) is 25.3 Å². The van der Waals surface area contributed by atoms with Crippen LogP contribution >= 0.6 is 0 Å². The van der Waals surface area contributed by atoms with Crippen LogP contribution in [0.2, 0.25) is 0 Å². The molecule has 4 aromatic carbocycles. The molecule has 0 fully saturated rings. The molecule has 5 nitrogen and oxygen atoms in total. The summed E-state index contributed by atoms with van der Waals surface area (Å²) in [5.41, 5.74) is 5.49. The largest absolute Gasteiger partial charge is 0.457 e. The van der Waals surface area contributed by atoms with E-state index in [1.165, 1.54) is 5.56 Å². The molecule has 0 saturated carbocycles. The Bertz CT molecular complexity index is 1750. The lowest BCUT2D eigenvalue weighted by Crippen LogP contribution is -2.27. The third-order valence-corrected chi connectivity index (χ3v) is 7.45. The molecule has 0 spiro atoms. The molecule has 0 aliphatic carbocycles. The molecule has 42 heavy (non-hydrogen) atoms. The van der Waals surface area contributed by atoms with Crippen molar-refractivity contribution in [1.29, 1.82) is 0 Å². The standard InChI is InChI=1S/C37H33N3O2/c41-37(39-23-21-30-15-9-10-22-38-30)25-34(29-14-11-18-32(24-29)42-31-16-5-2-6-17-31)35-27-40(26-28-12-3-1-4-13-28)36-20-8-7-19-33(35)36/h1-20,22,24,27,34H,21,23,25-26H2,(H,39,41)/t34-/m1/s1. The van der Waals surface area contributed by atoms with E-state index in [1.807, 2.05) is 66.7 Å². The van der Waals surface area contributed by atoms with E-state index < -0.39 is 0 Å². The van der Waals surface area contributed by atoms with Crippen LogP contribution in [0.5, 0.6) is 11.5 Å². The number of benzene rings is 4. The molecule has 2 aromatic heterocycles. The van der Waals surface area contributed by atoms with Gasteiger partial charge in [-0.05, 0) is 59.2 Å². The molecule has 0 saturated heterocycles. The molecule has 2 heterocycles. The molecule has 208 valence electrons. The number of hydrogen-bond donors (Lipinski definition) is 1. The van der Waals surface area contributed by atoms with Crippen molar-refractivity contribution in [3.8, 4) is 11.5 Å². The fourth-order valence-corrected chi connectivity index (χ4v) is 5.42.